The van der Waals surface area contributed by atoms with Crippen molar-refractivity contribution < 1.29 is 0 Å². The van der Waals surface area contributed by atoms with Gasteiger partial charge in [-0.15, -0.1) is 22.9 Å². The van der Waals surface area contributed by atoms with E-state index in [2.05, 4.69) is 48.0 Å². The summed E-state index contributed by atoms with van der Waals surface area (Å²) in [5.41, 5.74) is 3.47. The summed E-state index contributed by atoms with van der Waals surface area (Å²) in [6, 6.07) is 8.68. The third-order valence-electron chi connectivity index (χ3n) is 3.19. The molecule has 2 nitrogen and oxygen atoms in total. The largest absolute Gasteiger partial charge is 0.300 e. The van der Waals surface area contributed by atoms with Crippen LogP contribution in [0.1, 0.15) is 25.1 Å². The lowest BCUT2D eigenvalue weighted by molar-refractivity contribution is 0.296. The van der Waals surface area contributed by atoms with E-state index in [1.54, 1.807) is 11.3 Å². The number of halogens is 1. The monoisotopic (exact) mass is 294 g/mol. The van der Waals surface area contributed by atoms with Crippen molar-refractivity contribution in [2.75, 3.05) is 13.1 Å². The summed E-state index contributed by atoms with van der Waals surface area (Å²) in [7, 11) is 0. The zero-order valence-electron chi connectivity index (χ0n) is 11.4. The van der Waals surface area contributed by atoms with Crippen molar-refractivity contribution in [1.82, 2.24) is 9.88 Å². The summed E-state index contributed by atoms with van der Waals surface area (Å²) >= 11 is 7.43. The molecule has 1 heterocycles. The van der Waals surface area contributed by atoms with Gasteiger partial charge in [0.25, 0.3) is 0 Å². The van der Waals surface area contributed by atoms with Crippen molar-refractivity contribution in [3.05, 3.63) is 40.9 Å². The van der Waals surface area contributed by atoms with Gasteiger partial charge in [-0.1, -0.05) is 38.1 Å². The number of thiazole rings is 1. The Morgan fingerprint density at radius 3 is 2.37 bits per heavy atom. The van der Waals surface area contributed by atoms with E-state index in [1.165, 1.54) is 11.1 Å². The van der Waals surface area contributed by atoms with Crippen molar-refractivity contribution in [3.63, 3.8) is 0 Å². The Kier molecular flexibility index (Phi) is 5.37. The Labute approximate surface area is 124 Å². The summed E-state index contributed by atoms with van der Waals surface area (Å²) in [6.07, 6.45) is 0. The summed E-state index contributed by atoms with van der Waals surface area (Å²) in [4.78, 5) is 6.90. The smallest absolute Gasteiger partial charge is 0.123 e. The second kappa shape index (κ2) is 7.04. The second-order valence-corrected chi connectivity index (χ2v) is 5.56. The lowest BCUT2D eigenvalue weighted by atomic mass is 10.1. The van der Waals surface area contributed by atoms with Crippen LogP contribution < -0.4 is 0 Å². The minimum Gasteiger partial charge on any atom is -0.300 e. The van der Waals surface area contributed by atoms with E-state index < -0.39 is 0 Å². The normalized spacial score (nSPS) is 11.2. The van der Waals surface area contributed by atoms with Crippen LogP contribution in [0.3, 0.4) is 0 Å². The molecule has 0 aliphatic heterocycles. The van der Waals surface area contributed by atoms with Gasteiger partial charge in [-0.25, -0.2) is 4.98 Å². The Morgan fingerprint density at radius 2 is 1.84 bits per heavy atom. The van der Waals surface area contributed by atoms with Crippen LogP contribution in [0.15, 0.2) is 29.6 Å². The predicted molar refractivity (Wildman–Crippen MR) is 83.7 cm³/mol. The van der Waals surface area contributed by atoms with Gasteiger partial charge in [0.05, 0.1) is 11.6 Å². The average molecular weight is 295 g/mol. The van der Waals surface area contributed by atoms with Gasteiger partial charge in [-0.05, 0) is 18.7 Å². The first-order valence-electron chi connectivity index (χ1n) is 6.58. The molecule has 0 amide bonds. The molecule has 0 aliphatic rings. The molecule has 0 radical (unpaired) electrons. The Balaban J connectivity index is 2.09. The number of nitrogens with zero attached hydrogens (tertiary/aromatic N) is 2. The fourth-order valence-corrected chi connectivity index (χ4v) is 3.01. The highest BCUT2D eigenvalue weighted by Gasteiger charge is 2.05. The van der Waals surface area contributed by atoms with Gasteiger partial charge in [0, 0.05) is 17.5 Å². The number of hydrogen-bond donors (Lipinski definition) is 0. The molecule has 0 N–H and O–H groups in total. The fraction of sp³-hybridized carbons (Fsp3) is 0.400. The van der Waals surface area contributed by atoms with E-state index in [4.69, 9.17) is 11.6 Å². The van der Waals surface area contributed by atoms with Crippen molar-refractivity contribution in [2.45, 2.75) is 26.3 Å². The first-order chi connectivity index (χ1) is 9.26. The van der Waals surface area contributed by atoms with Crippen LogP contribution in [0, 0.1) is 0 Å². The fourth-order valence-electron chi connectivity index (χ4n) is 1.96. The molecule has 0 bridgehead atoms. The molecule has 1 aromatic heterocycles. The molecule has 4 heteroatoms. The highest BCUT2D eigenvalue weighted by Crippen LogP contribution is 2.24. The Morgan fingerprint density at radius 1 is 1.16 bits per heavy atom. The van der Waals surface area contributed by atoms with Gasteiger partial charge >= 0.3 is 0 Å². The highest BCUT2D eigenvalue weighted by atomic mass is 35.5. The van der Waals surface area contributed by atoms with Crippen molar-refractivity contribution >= 4 is 22.9 Å². The van der Waals surface area contributed by atoms with Gasteiger partial charge in [0.1, 0.15) is 5.01 Å². The molecule has 102 valence electrons. The molecule has 0 saturated carbocycles. The lowest BCUT2D eigenvalue weighted by Gasteiger charge is -2.17. The maximum Gasteiger partial charge on any atom is 0.123 e. The van der Waals surface area contributed by atoms with E-state index in [1.807, 2.05) is 5.38 Å². The first-order valence-corrected chi connectivity index (χ1v) is 8.00. The molecule has 0 unspecified atom stereocenters. The van der Waals surface area contributed by atoms with E-state index in [0.29, 0.717) is 5.88 Å². The average Bonchev–Trinajstić information content (AvgIpc) is 2.94. The molecular formula is C15H19ClN2S. The molecule has 0 fully saturated rings. The van der Waals surface area contributed by atoms with Gasteiger partial charge in [0.15, 0.2) is 0 Å². The van der Waals surface area contributed by atoms with Gasteiger partial charge in [-0.3, -0.25) is 4.90 Å². The van der Waals surface area contributed by atoms with Crippen LogP contribution in [-0.2, 0) is 12.4 Å². The maximum absolute atomic E-state index is 5.78. The molecule has 2 rings (SSSR count). The number of hydrogen-bond acceptors (Lipinski definition) is 3. The summed E-state index contributed by atoms with van der Waals surface area (Å²) in [5.74, 6) is 0.483. The van der Waals surface area contributed by atoms with Gasteiger partial charge in [0.2, 0.25) is 0 Å². The summed E-state index contributed by atoms with van der Waals surface area (Å²) in [5, 5.41) is 3.07. The number of rotatable bonds is 6. The van der Waals surface area contributed by atoms with E-state index in [-0.39, 0.29) is 0 Å². The molecule has 2 aromatic rings. The molecule has 0 atom stereocenters. The third-order valence-corrected chi connectivity index (χ3v) is 4.40. The van der Waals surface area contributed by atoms with Crippen molar-refractivity contribution in [2.24, 2.45) is 0 Å². The molecule has 0 spiro atoms. The van der Waals surface area contributed by atoms with Crippen molar-refractivity contribution in [3.8, 4) is 10.6 Å². The molecule has 19 heavy (non-hydrogen) atoms. The third kappa shape index (κ3) is 3.78. The Bertz CT molecular complexity index is 503. The lowest BCUT2D eigenvalue weighted by Crippen LogP contribution is -2.21. The number of benzene rings is 1. The van der Waals surface area contributed by atoms with Crippen molar-refractivity contribution in [1.29, 1.82) is 0 Å². The summed E-state index contributed by atoms with van der Waals surface area (Å²) < 4.78 is 0. The zero-order chi connectivity index (χ0) is 13.7. The molecule has 0 saturated heterocycles. The standard InChI is InChI=1S/C15H19ClN2S/c1-3-18(4-2)10-12-5-7-13(8-6-12)15-17-14(9-16)11-19-15/h5-8,11H,3-4,9-10H2,1-2H3. The van der Waals surface area contributed by atoms with Gasteiger partial charge < -0.3 is 0 Å². The maximum atomic E-state index is 5.78. The van der Waals surface area contributed by atoms with E-state index in [0.717, 1.165) is 30.3 Å². The Hall–Kier alpha value is -0.900. The van der Waals surface area contributed by atoms with Crippen LogP contribution in [0.5, 0.6) is 0 Å². The van der Waals surface area contributed by atoms with E-state index >= 15 is 0 Å². The van der Waals surface area contributed by atoms with Crippen LogP contribution >= 0.6 is 22.9 Å². The molecule has 0 aliphatic carbocycles. The predicted octanol–water partition coefficient (Wildman–Crippen LogP) is 4.39. The molecule has 1 aromatic carbocycles. The minimum atomic E-state index is 0.483. The quantitative estimate of drug-likeness (QED) is 0.735. The van der Waals surface area contributed by atoms with E-state index in [9.17, 15) is 0 Å². The van der Waals surface area contributed by atoms with Crippen LogP contribution in [0.2, 0.25) is 0 Å². The van der Waals surface area contributed by atoms with Crippen LogP contribution in [-0.4, -0.2) is 23.0 Å². The minimum absolute atomic E-state index is 0.483. The number of aromatic nitrogens is 1. The van der Waals surface area contributed by atoms with Crippen LogP contribution in [0.25, 0.3) is 10.6 Å². The van der Waals surface area contributed by atoms with Gasteiger partial charge in [-0.2, -0.15) is 0 Å². The second-order valence-electron chi connectivity index (χ2n) is 4.44. The van der Waals surface area contributed by atoms with Crippen LogP contribution in [0.4, 0.5) is 0 Å². The summed E-state index contributed by atoms with van der Waals surface area (Å²) in [6.45, 7) is 7.58. The first kappa shape index (κ1) is 14.5. The highest BCUT2D eigenvalue weighted by molar-refractivity contribution is 7.13. The zero-order valence-corrected chi connectivity index (χ0v) is 13.0. The molecular weight excluding hydrogens is 276 g/mol. The number of alkyl halides is 1. The SMILES string of the molecule is CCN(CC)Cc1ccc(-c2nc(CCl)cs2)cc1. The topological polar surface area (TPSA) is 16.1 Å².